The Kier molecular flexibility index (Phi) is 7.61. The van der Waals surface area contributed by atoms with E-state index in [0.717, 1.165) is 12.8 Å². The van der Waals surface area contributed by atoms with Gasteiger partial charge in [-0.2, -0.15) is 0 Å². The van der Waals surface area contributed by atoms with Gasteiger partial charge in [-0.05, 0) is 37.8 Å². The van der Waals surface area contributed by atoms with Crippen LogP contribution >= 0.6 is 0 Å². The zero-order chi connectivity index (χ0) is 13.6. The highest BCUT2D eigenvalue weighted by Gasteiger charge is 2.46. The normalized spacial score (nSPS) is 16.6. The zero-order valence-corrected chi connectivity index (χ0v) is 14.0. The van der Waals surface area contributed by atoms with E-state index in [1.807, 2.05) is 0 Å². The standard InChI is InChI=1S/C14H32O2Si/c1-9-13(7)15-17(11(3)4,12(5)6)16-14(8)10-2/h11-14H,9-10H2,1-8H3. The molecular formula is C14H32O2Si. The minimum absolute atomic E-state index is 0.301. The van der Waals surface area contributed by atoms with Crippen molar-refractivity contribution in [3.8, 4) is 0 Å². The fourth-order valence-electron chi connectivity index (χ4n) is 2.03. The van der Waals surface area contributed by atoms with Crippen molar-refractivity contribution in [2.24, 2.45) is 0 Å². The Morgan fingerprint density at radius 3 is 1.18 bits per heavy atom. The smallest absolute Gasteiger partial charge is 0.343 e. The molecule has 0 fully saturated rings. The second-order valence-corrected chi connectivity index (χ2v) is 9.93. The summed E-state index contributed by atoms with van der Waals surface area (Å²) in [6.45, 7) is 17.7. The Morgan fingerprint density at radius 2 is 1.00 bits per heavy atom. The minimum atomic E-state index is -2.12. The summed E-state index contributed by atoms with van der Waals surface area (Å²) in [6.07, 6.45) is 2.71. The lowest BCUT2D eigenvalue weighted by molar-refractivity contribution is 0.0762. The van der Waals surface area contributed by atoms with E-state index in [0.29, 0.717) is 23.3 Å². The molecule has 0 N–H and O–H groups in total. The van der Waals surface area contributed by atoms with Crippen LogP contribution in [0.3, 0.4) is 0 Å². The van der Waals surface area contributed by atoms with Crippen LogP contribution in [0.2, 0.25) is 11.1 Å². The molecule has 104 valence electrons. The molecule has 0 amide bonds. The predicted molar refractivity (Wildman–Crippen MR) is 77.6 cm³/mol. The zero-order valence-electron chi connectivity index (χ0n) is 13.0. The SMILES string of the molecule is CCC(C)O[Si](OC(C)CC)(C(C)C)C(C)C. The van der Waals surface area contributed by atoms with Gasteiger partial charge in [0.05, 0.1) is 0 Å². The molecule has 0 spiro atoms. The molecule has 2 atom stereocenters. The van der Waals surface area contributed by atoms with Crippen LogP contribution in [0.25, 0.3) is 0 Å². The molecule has 0 aromatic rings. The Balaban J connectivity index is 4.99. The van der Waals surface area contributed by atoms with E-state index in [1.54, 1.807) is 0 Å². The molecule has 0 aromatic carbocycles. The molecule has 0 aliphatic carbocycles. The molecule has 0 aliphatic rings. The maximum absolute atomic E-state index is 6.40. The van der Waals surface area contributed by atoms with Crippen molar-refractivity contribution in [2.45, 2.75) is 91.5 Å². The van der Waals surface area contributed by atoms with Crippen molar-refractivity contribution in [1.82, 2.24) is 0 Å². The Bertz CT molecular complexity index is 182. The molecule has 0 bridgehead atoms. The first kappa shape index (κ1) is 17.1. The van der Waals surface area contributed by atoms with Crippen LogP contribution in [0, 0.1) is 0 Å². The lowest BCUT2D eigenvalue weighted by Gasteiger charge is -2.41. The average molecular weight is 260 g/mol. The molecular weight excluding hydrogens is 228 g/mol. The third-order valence-electron chi connectivity index (χ3n) is 3.53. The van der Waals surface area contributed by atoms with Crippen LogP contribution in [0.15, 0.2) is 0 Å². The number of rotatable bonds is 8. The van der Waals surface area contributed by atoms with Gasteiger partial charge in [0.2, 0.25) is 0 Å². The van der Waals surface area contributed by atoms with Crippen molar-refractivity contribution >= 4 is 8.56 Å². The maximum Gasteiger partial charge on any atom is 0.343 e. The lowest BCUT2D eigenvalue weighted by atomic mass is 10.3. The van der Waals surface area contributed by atoms with Crippen LogP contribution in [-0.2, 0) is 8.85 Å². The first-order valence-electron chi connectivity index (χ1n) is 7.15. The van der Waals surface area contributed by atoms with Crippen molar-refractivity contribution in [3.05, 3.63) is 0 Å². The second kappa shape index (κ2) is 7.55. The summed E-state index contributed by atoms with van der Waals surface area (Å²) in [4.78, 5) is 0. The van der Waals surface area contributed by atoms with Crippen molar-refractivity contribution in [1.29, 1.82) is 0 Å². The van der Waals surface area contributed by atoms with Gasteiger partial charge in [-0.3, -0.25) is 0 Å². The molecule has 3 heteroatoms. The molecule has 0 aliphatic heterocycles. The largest absolute Gasteiger partial charge is 0.391 e. The van der Waals surface area contributed by atoms with Gasteiger partial charge in [-0.25, -0.2) is 0 Å². The first-order chi connectivity index (χ1) is 7.80. The third kappa shape index (κ3) is 4.72. The van der Waals surface area contributed by atoms with Gasteiger partial charge >= 0.3 is 8.56 Å². The highest BCUT2D eigenvalue weighted by molar-refractivity contribution is 6.70. The molecule has 0 rings (SSSR count). The van der Waals surface area contributed by atoms with Crippen LogP contribution < -0.4 is 0 Å². The van der Waals surface area contributed by atoms with E-state index in [-0.39, 0.29) is 0 Å². The summed E-state index contributed by atoms with van der Waals surface area (Å²) in [5.41, 5.74) is 0.982. The number of hydrogen-bond acceptors (Lipinski definition) is 2. The second-order valence-electron chi connectivity index (χ2n) is 5.70. The Hall–Kier alpha value is 0.137. The first-order valence-corrected chi connectivity index (χ1v) is 9.12. The van der Waals surface area contributed by atoms with Gasteiger partial charge in [0.1, 0.15) is 0 Å². The van der Waals surface area contributed by atoms with Crippen molar-refractivity contribution in [2.75, 3.05) is 0 Å². The minimum Gasteiger partial charge on any atom is -0.391 e. The molecule has 0 saturated carbocycles. The predicted octanol–water partition coefficient (Wildman–Crippen LogP) is 4.88. The maximum atomic E-state index is 6.40. The van der Waals surface area contributed by atoms with E-state index < -0.39 is 8.56 Å². The van der Waals surface area contributed by atoms with Gasteiger partial charge in [0, 0.05) is 12.2 Å². The van der Waals surface area contributed by atoms with Gasteiger partial charge in [0.25, 0.3) is 0 Å². The highest BCUT2D eigenvalue weighted by Crippen LogP contribution is 2.37. The van der Waals surface area contributed by atoms with Crippen LogP contribution in [-0.4, -0.2) is 20.8 Å². The molecule has 2 unspecified atom stereocenters. The topological polar surface area (TPSA) is 18.5 Å². The van der Waals surface area contributed by atoms with E-state index in [4.69, 9.17) is 8.85 Å². The average Bonchev–Trinajstić information content (AvgIpc) is 2.26. The Morgan fingerprint density at radius 1 is 0.706 bits per heavy atom. The van der Waals surface area contributed by atoms with E-state index in [1.165, 1.54) is 0 Å². The van der Waals surface area contributed by atoms with E-state index in [9.17, 15) is 0 Å². The van der Waals surface area contributed by atoms with Gasteiger partial charge in [-0.15, -0.1) is 0 Å². The summed E-state index contributed by atoms with van der Waals surface area (Å²) >= 11 is 0. The molecule has 17 heavy (non-hydrogen) atoms. The Labute approximate surface area is 109 Å². The quantitative estimate of drug-likeness (QED) is 0.579. The summed E-state index contributed by atoms with van der Waals surface area (Å²) in [7, 11) is -2.12. The van der Waals surface area contributed by atoms with Crippen LogP contribution in [0.4, 0.5) is 0 Å². The van der Waals surface area contributed by atoms with Crippen LogP contribution in [0.5, 0.6) is 0 Å². The fraction of sp³-hybridized carbons (Fsp3) is 1.00. The van der Waals surface area contributed by atoms with E-state index >= 15 is 0 Å². The molecule has 0 heterocycles. The molecule has 0 saturated heterocycles. The van der Waals surface area contributed by atoms with Gasteiger partial charge < -0.3 is 8.85 Å². The summed E-state index contributed by atoms with van der Waals surface area (Å²) in [5, 5.41) is 0. The number of hydrogen-bond donors (Lipinski definition) is 0. The van der Waals surface area contributed by atoms with E-state index in [2.05, 4.69) is 55.4 Å². The summed E-state index contributed by atoms with van der Waals surface area (Å²) in [6, 6.07) is 0. The molecule has 2 nitrogen and oxygen atoms in total. The van der Waals surface area contributed by atoms with Gasteiger partial charge in [-0.1, -0.05) is 41.5 Å². The monoisotopic (exact) mass is 260 g/mol. The van der Waals surface area contributed by atoms with Crippen molar-refractivity contribution in [3.63, 3.8) is 0 Å². The molecule has 0 radical (unpaired) electrons. The fourth-order valence-corrected chi connectivity index (χ4v) is 6.10. The summed E-state index contributed by atoms with van der Waals surface area (Å²) in [5.74, 6) is 0. The highest BCUT2D eigenvalue weighted by atomic mass is 28.4. The molecule has 0 aromatic heterocycles. The van der Waals surface area contributed by atoms with Gasteiger partial charge in [0.15, 0.2) is 0 Å². The van der Waals surface area contributed by atoms with Crippen LogP contribution in [0.1, 0.15) is 68.2 Å². The van der Waals surface area contributed by atoms with Crippen molar-refractivity contribution < 1.29 is 8.85 Å². The summed E-state index contributed by atoms with van der Waals surface area (Å²) < 4.78 is 12.8. The third-order valence-corrected chi connectivity index (χ3v) is 8.29. The lowest BCUT2D eigenvalue weighted by Crippen LogP contribution is -2.51.